The standard InChI is InChI=1S/C15H27NO3/c1-6-7-19-11-13(18)10-16-14(2,3)8-12(17)9-15(16,4)5/h1,12-13,17-18H,7-11H2,2-5H3/t13-/m0/s1. The quantitative estimate of drug-likeness (QED) is 0.578. The van der Waals surface area contributed by atoms with Crippen LogP contribution in [0.25, 0.3) is 0 Å². The molecule has 2 N–H and O–H groups in total. The molecule has 19 heavy (non-hydrogen) atoms. The first kappa shape index (κ1) is 16.5. The van der Waals surface area contributed by atoms with Gasteiger partial charge in [-0.2, -0.15) is 0 Å². The van der Waals surface area contributed by atoms with E-state index in [1.165, 1.54) is 0 Å². The van der Waals surface area contributed by atoms with E-state index in [2.05, 4.69) is 38.5 Å². The molecule has 0 amide bonds. The van der Waals surface area contributed by atoms with Gasteiger partial charge in [-0.25, -0.2) is 0 Å². The molecule has 1 heterocycles. The van der Waals surface area contributed by atoms with Gasteiger partial charge < -0.3 is 14.9 Å². The van der Waals surface area contributed by atoms with Crippen LogP contribution in [-0.2, 0) is 4.74 Å². The van der Waals surface area contributed by atoms with E-state index in [4.69, 9.17) is 11.2 Å². The van der Waals surface area contributed by atoms with Gasteiger partial charge in [0.15, 0.2) is 0 Å². The molecule has 1 rings (SSSR count). The molecular formula is C15H27NO3. The number of ether oxygens (including phenoxy) is 1. The van der Waals surface area contributed by atoms with Gasteiger partial charge in [0.1, 0.15) is 6.61 Å². The zero-order valence-corrected chi connectivity index (χ0v) is 12.5. The molecule has 0 aliphatic carbocycles. The summed E-state index contributed by atoms with van der Waals surface area (Å²) < 4.78 is 5.18. The zero-order valence-electron chi connectivity index (χ0n) is 12.5. The molecule has 1 saturated heterocycles. The lowest BCUT2D eigenvalue weighted by Gasteiger charge is -2.55. The molecule has 4 nitrogen and oxygen atoms in total. The van der Waals surface area contributed by atoms with Crippen LogP contribution in [0.2, 0.25) is 0 Å². The fraction of sp³-hybridized carbons (Fsp3) is 0.867. The molecule has 0 aromatic carbocycles. The Morgan fingerprint density at radius 2 is 1.84 bits per heavy atom. The van der Waals surface area contributed by atoms with E-state index in [9.17, 15) is 10.2 Å². The van der Waals surface area contributed by atoms with E-state index in [0.717, 1.165) is 0 Å². The molecule has 0 aromatic rings. The maximum absolute atomic E-state index is 10.1. The van der Waals surface area contributed by atoms with Crippen LogP contribution in [0.1, 0.15) is 40.5 Å². The molecule has 1 fully saturated rings. The van der Waals surface area contributed by atoms with Crippen molar-refractivity contribution >= 4 is 0 Å². The van der Waals surface area contributed by atoms with Gasteiger partial charge in [-0.05, 0) is 40.5 Å². The van der Waals surface area contributed by atoms with Crippen LogP contribution in [0.3, 0.4) is 0 Å². The first-order valence-electron chi connectivity index (χ1n) is 6.84. The second kappa shape index (κ2) is 6.23. The van der Waals surface area contributed by atoms with Crippen LogP contribution in [0.5, 0.6) is 0 Å². The normalized spacial score (nSPS) is 24.9. The minimum Gasteiger partial charge on any atom is -0.393 e. The average molecular weight is 269 g/mol. The largest absolute Gasteiger partial charge is 0.393 e. The SMILES string of the molecule is C#CCOC[C@@H](O)CN1C(C)(C)CC(O)CC1(C)C. The predicted octanol–water partition coefficient (Wildman–Crippen LogP) is 1.01. The molecule has 0 saturated carbocycles. The second-order valence-electron chi connectivity index (χ2n) is 6.67. The van der Waals surface area contributed by atoms with Crippen molar-refractivity contribution in [2.75, 3.05) is 19.8 Å². The van der Waals surface area contributed by atoms with Crippen LogP contribution >= 0.6 is 0 Å². The number of piperidine rings is 1. The number of rotatable bonds is 5. The van der Waals surface area contributed by atoms with Crippen LogP contribution < -0.4 is 0 Å². The van der Waals surface area contributed by atoms with Crippen molar-refractivity contribution < 1.29 is 14.9 Å². The van der Waals surface area contributed by atoms with E-state index in [0.29, 0.717) is 19.4 Å². The topological polar surface area (TPSA) is 52.9 Å². The summed E-state index contributed by atoms with van der Waals surface area (Å²) in [6, 6.07) is 0. The van der Waals surface area contributed by atoms with Crippen molar-refractivity contribution in [3.63, 3.8) is 0 Å². The molecule has 0 spiro atoms. The summed E-state index contributed by atoms with van der Waals surface area (Å²) >= 11 is 0. The summed E-state index contributed by atoms with van der Waals surface area (Å²) in [6.07, 6.45) is 5.69. The third-order valence-corrected chi connectivity index (χ3v) is 3.82. The molecule has 0 unspecified atom stereocenters. The Kier molecular flexibility index (Phi) is 5.40. The predicted molar refractivity (Wildman–Crippen MR) is 75.8 cm³/mol. The highest BCUT2D eigenvalue weighted by Crippen LogP contribution is 2.38. The lowest BCUT2D eigenvalue weighted by atomic mass is 9.78. The van der Waals surface area contributed by atoms with Gasteiger partial charge in [-0.15, -0.1) is 6.42 Å². The summed E-state index contributed by atoms with van der Waals surface area (Å²) in [5.74, 6) is 2.39. The maximum Gasteiger partial charge on any atom is 0.107 e. The number of nitrogens with zero attached hydrogens (tertiary/aromatic N) is 1. The molecule has 0 aromatic heterocycles. The summed E-state index contributed by atoms with van der Waals surface area (Å²) in [4.78, 5) is 2.26. The average Bonchev–Trinajstić information content (AvgIpc) is 2.22. The fourth-order valence-corrected chi connectivity index (χ4v) is 3.28. The van der Waals surface area contributed by atoms with Crippen molar-refractivity contribution in [2.24, 2.45) is 0 Å². The first-order valence-corrected chi connectivity index (χ1v) is 6.84. The molecule has 1 aliphatic heterocycles. The zero-order chi connectivity index (χ0) is 14.7. The smallest absolute Gasteiger partial charge is 0.107 e. The summed E-state index contributed by atoms with van der Waals surface area (Å²) in [7, 11) is 0. The number of hydrogen-bond acceptors (Lipinski definition) is 4. The van der Waals surface area contributed by atoms with Crippen molar-refractivity contribution in [1.29, 1.82) is 0 Å². The number of terminal acetylenes is 1. The molecule has 1 aliphatic rings. The molecule has 1 atom stereocenters. The Bertz CT molecular complexity index is 315. The molecule has 4 heteroatoms. The second-order valence-corrected chi connectivity index (χ2v) is 6.67. The van der Waals surface area contributed by atoms with E-state index in [1.54, 1.807) is 0 Å². The third kappa shape index (κ3) is 4.47. The van der Waals surface area contributed by atoms with Gasteiger partial charge >= 0.3 is 0 Å². The van der Waals surface area contributed by atoms with Crippen molar-refractivity contribution in [1.82, 2.24) is 4.90 Å². The Labute approximate surface area is 116 Å². The Hall–Kier alpha value is -0.600. The van der Waals surface area contributed by atoms with Gasteiger partial charge in [0.25, 0.3) is 0 Å². The highest BCUT2D eigenvalue weighted by molar-refractivity contribution is 5.00. The minimum atomic E-state index is -0.567. The van der Waals surface area contributed by atoms with Crippen molar-refractivity contribution in [3.05, 3.63) is 0 Å². The number of aliphatic hydroxyl groups is 2. The lowest BCUT2D eigenvalue weighted by Crippen LogP contribution is -2.63. The van der Waals surface area contributed by atoms with Gasteiger partial charge in [0.2, 0.25) is 0 Å². The van der Waals surface area contributed by atoms with Crippen LogP contribution in [-0.4, -0.2) is 58.2 Å². The fourth-order valence-electron chi connectivity index (χ4n) is 3.28. The Balaban J connectivity index is 2.65. The molecular weight excluding hydrogens is 242 g/mol. The number of aliphatic hydroxyl groups excluding tert-OH is 2. The highest BCUT2D eigenvalue weighted by atomic mass is 16.5. The highest BCUT2D eigenvalue weighted by Gasteiger charge is 2.45. The summed E-state index contributed by atoms with van der Waals surface area (Å²) in [5, 5.41) is 20.0. The van der Waals surface area contributed by atoms with Gasteiger partial charge in [0.05, 0.1) is 18.8 Å². The van der Waals surface area contributed by atoms with E-state index in [1.807, 2.05) is 0 Å². The monoisotopic (exact) mass is 269 g/mol. The first-order chi connectivity index (χ1) is 8.69. The summed E-state index contributed by atoms with van der Waals surface area (Å²) in [6.45, 7) is 9.41. The van der Waals surface area contributed by atoms with Crippen LogP contribution in [0.4, 0.5) is 0 Å². The van der Waals surface area contributed by atoms with Gasteiger partial charge in [0, 0.05) is 17.6 Å². The van der Waals surface area contributed by atoms with E-state index in [-0.39, 0.29) is 30.4 Å². The summed E-state index contributed by atoms with van der Waals surface area (Å²) in [5.41, 5.74) is -0.289. The van der Waals surface area contributed by atoms with Crippen LogP contribution in [0.15, 0.2) is 0 Å². The number of hydrogen-bond donors (Lipinski definition) is 2. The maximum atomic E-state index is 10.1. The van der Waals surface area contributed by atoms with Crippen molar-refractivity contribution in [3.8, 4) is 12.3 Å². The lowest BCUT2D eigenvalue weighted by molar-refractivity contribution is -0.103. The van der Waals surface area contributed by atoms with Gasteiger partial charge in [-0.1, -0.05) is 5.92 Å². The minimum absolute atomic E-state index is 0.145. The number of likely N-dealkylation sites (tertiary alicyclic amines) is 1. The molecule has 0 radical (unpaired) electrons. The third-order valence-electron chi connectivity index (χ3n) is 3.82. The Morgan fingerprint density at radius 3 is 2.32 bits per heavy atom. The van der Waals surface area contributed by atoms with Crippen LogP contribution in [0, 0.1) is 12.3 Å². The molecule has 0 bridgehead atoms. The van der Waals surface area contributed by atoms with E-state index >= 15 is 0 Å². The van der Waals surface area contributed by atoms with E-state index < -0.39 is 6.10 Å². The van der Waals surface area contributed by atoms with Crippen molar-refractivity contribution in [2.45, 2.75) is 63.8 Å². The molecule has 110 valence electrons. The number of β-amino-alcohol motifs (C(OH)–C–C–N with tert-alkyl or cyclic N) is 1. The van der Waals surface area contributed by atoms with Gasteiger partial charge in [-0.3, -0.25) is 4.90 Å². The Morgan fingerprint density at radius 1 is 1.32 bits per heavy atom.